The van der Waals surface area contributed by atoms with Crippen molar-refractivity contribution in [2.45, 2.75) is 0 Å². The third kappa shape index (κ3) is 71.2. The Morgan fingerprint density at radius 3 is 0.429 bits per heavy atom. The van der Waals surface area contributed by atoms with E-state index in [4.69, 9.17) is 0 Å². The van der Waals surface area contributed by atoms with Crippen LogP contribution in [0.15, 0.2) is 0 Å². The number of hydrogen-bond donors (Lipinski definition) is 0. The van der Waals surface area contributed by atoms with Crippen molar-refractivity contribution in [2.75, 3.05) is 0 Å². The van der Waals surface area contributed by atoms with Gasteiger partial charge in [0.05, 0.1) is 0 Å². The van der Waals surface area contributed by atoms with Crippen molar-refractivity contribution in [3.8, 4) is 0 Å². The van der Waals surface area contributed by atoms with Gasteiger partial charge in [0.15, 0.2) is 0 Å². The summed E-state index contributed by atoms with van der Waals surface area (Å²) in [6, 6.07) is 0. The van der Waals surface area contributed by atoms with E-state index in [2.05, 4.69) is 0 Å². The minimum absolute atomic E-state index is 0. The summed E-state index contributed by atoms with van der Waals surface area (Å²) in [5, 5.41) is 0. The zero-order chi connectivity index (χ0) is 0. The van der Waals surface area contributed by atoms with Crippen LogP contribution >= 0.6 is 0 Å². The van der Waals surface area contributed by atoms with Gasteiger partial charge in [0.2, 0.25) is 0 Å². The minimum atomic E-state index is 0. The Labute approximate surface area is 95.7 Å². The fraction of sp³-hybridized carbons (Fsp3) is 0. The zero-order valence-electron chi connectivity index (χ0n) is 2.95. The maximum Gasteiger partial charge on any atom is 0 e. The van der Waals surface area contributed by atoms with Gasteiger partial charge in [-0.05, 0) is 0 Å². The Morgan fingerprint density at radius 1 is 0.429 bits per heavy atom. The molecule has 0 amide bonds. The van der Waals surface area contributed by atoms with Crippen molar-refractivity contribution >= 4 is 51.4 Å². The molecule has 1 radical (unpaired) electrons. The van der Waals surface area contributed by atoms with Crippen LogP contribution in [0.25, 0.3) is 0 Å². The van der Waals surface area contributed by atoms with Gasteiger partial charge < -0.3 is 27.4 Å². The molecule has 0 aliphatic heterocycles. The average Bonchev–Trinajstić information content (AvgIpc) is 0. The Bertz CT molecular complexity index is 8.04. The summed E-state index contributed by atoms with van der Waals surface area (Å²) in [6.45, 7) is 0. The average molecular weight is 181 g/mol. The molecule has 0 atom stereocenters. The Balaban J connectivity index is 0. The largest absolute Gasteiger partial charge is 0 e. The molecule has 0 aromatic rings. The first-order valence-electron chi connectivity index (χ1n) is 0. The number of hydrogen-bond acceptors (Lipinski definition) is 0. The van der Waals surface area contributed by atoms with E-state index in [0.717, 1.165) is 0 Å². The molecule has 0 rings (SSSR count). The monoisotopic (exact) mass is 181 g/mol. The van der Waals surface area contributed by atoms with E-state index >= 15 is 0 Å². The van der Waals surface area contributed by atoms with Crippen molar-refractivity contribution in [1.82, 2.24) is 0 Å². The summed E-state index contributed by atoms with van der Waals surface area (Å²) in [4.78, 5) is 0. The van der Waals surface area contributed by atoms with Crippen LogP contribution in [0.2, 0.25) is 0 Å². The topological polar surface area (TPSA) is 158 Å². The Morgan fingerprint density at radius 2 is 0.429 bits per heavy atom. The maximum atomic E-state index is 0. The van der Waals surface area contributed by atoms with Crippen LogP contribution in [-0.2, 0) is 18.6 Å². The first-order valence-corrected chi connectivity index (χ1v) is 0. The van der Waals surface area contributed by atoms with E-state index < -0.39 is 0 Å². The van der Waals surface area contributed by atoms with Crippen molar-refractivity contribution in [1.29, 1.82) is 0 Å². The van der Waals surface area contributed by atoms with Crippen LogP contribution in [0.1, 0.15) is 0 Å². The summed E-state index contributed by atoms with van der Waals surface area (Å²) >= 11 is 0. The van der Waals surface area contributed by atoms with Crippen LogP contribution in [0, 0.1) is 0 Å². The minimum Gasteiger partial charge on any atom is 0 e. The molecule has 7 heavy (non-hydrogen) atoms. The molecule has 0 saturated carbocycles. The van der Waals surface area contributed by atoms with E-state index in [1.807, 2.05) is 0 Å². The molecule has 0 saturated heterocycles. The van der Waals surface area contributed by atoms with Crippen LogP contribution in [-0.4, -0.2) is 78.8 Å². The molecule has 47 valence electrons. The molecule has 0 heterocycles. The Hall–Kier alpha value is 2.02. The molecule has 0 aliphatic rings. The van der Waals surface area contributed by atoms with Crippen LogP contribution < -0.4 is 0 Å². The van der Waals surface area contributed by atoms with E-state index in [1.165, 1.54) is 0 Å². The fourth-order valence-electron chi connectivity index (χ4n) is 0. The summed E-state index contributed by atoms with van der Waals surface area (Å²) in [6.07, 6.45) is 0. The van der Waals surface area contributed by atoms with Gasteiger partial charge in [-0.25, -0.2) is 0 Å². The van der Waals surface area contributed by atoms with E-state index in [-0.39, 0.29) is 97.3 Å². The van der Waals surface area contributed by atoms with Gasteiger partial charge in [-0.2, -0.15) is 0 Å². The van der Waals surface area contributed by atoms with Gasteiger partial charge in [0, 0.05) is 18.6 Å². The third-order valence-corrected chi connectivity index (χ3v) is 0. The van der Waals surface area contributed by atoms with Crippen molar-refractivity contribution in [2.24, 2.45) is 0 Å². The number of rotatable bonds is 0. The quantitative estimate of drug-likeness (QED) is 0.328. The first kappa shape index (κ1) is 142. The summed E-state index contributed by atoms with van der Waals surface area (Å²) in [7, 11) is 0. The molecule has 7 heteroatoms. The maximum absolute atomic E-state index is 0. The molecule has 0 bridgehead atoms. The molecule has 0 aromatic heterocycles. The SMILES string of the molecule is O.O.O.O.O.[KH].[V]. The molecular weight excluding hydrogens is 170 g/mol. The first-order chi connectivity index (χ1) is 0. The molecule has 0 spiro atoms. The van der Waals surface area contributed by atoms with Gasteiger partial charge in [-0.3, -0.25) is 0 Å². The third-order valence-electron chi connectivity index (χ3n) is 0. The van der Waals surface area contributed by atoms with Gasteiger partial charge >= 0.3 is 51.4 Å². The van der Waals surface area contributed by atoms with Crippen LogP contribution in [0.3, 0.4) is 0 Å². The van der Waals surface area contributed by atoms with Crippen molar-refractivity contribution in [3.63, 3.8) is 0 Å². The molecule has 5 nitrogen and oxygen atoms in total. The second-order valence-electron chi connectivity index (χ2n) is 0. The summed E-state index contributed by atoms with van der Waals surface area (Å²) in [5.74, 6) is 0. The van der Waals surface area contributed by atoms with Gasteiger partial charge in [0.1, 0.15) is 0 Å². The van der Waals surface area contributed by atoms with Gasteiger partial charge in [-0.1, -0.05) is 0 Å². The van der Waals surface area contributed by atoms with E-state index in [0.29, 0.717) is 0 Å². The van der Waals surface area contributed by atoms with Crippen LogP contribution in [0.4, 0.5) is 0 Å². The molecule has 0 fully saturated rings. The van der Waals surface area contributed by atoms with Gasteiger partial charge in [0.25, 0.3) is 0 Å². The standard InChI is InChI=1S/K.5H2O.V.H/h;5*1H2;;. The van der Waals surface area contributed by atoms with Crippen molar-refractivity contribution in [3.05, 3.63) is 0 Å². The van der Waals surface area contributed by atoms with Gasteiger partial charge in [-0.15, -0.1) is 0 Å². The predicted octanol–water partition coefficient (Wildman–Crippen LogP) is -4.77. The van der Waals surface area contributed by atoms with E-state index in [1.54, 1.807) is 0 Å². The summed E-state index contributed by atoms with van der Waals surface area (Å²) < 4.78 is 0. The smallest absolute Gasteiger partial charge is 0 e. The molecule has 10 N–H and O–H groups in total. The summed E-state index contributed by atoms with van der Waals surface area (Å²) in [5.41, 5.74) is 0. The molecular formula is H11KO5V. The zero-order valence-corrected chi connectivity index (χ0v) is 4.34. The van der Waals surface area contributed by atoms with Crippen LogP contribution in [0.5, 0.6) is 0 Å². The van der Waals surface area contributed by atoms with Crippen molar-refractivity contribution < 1.29 is 45.9 Å². The molecule has 0 unspecified atom stereocenters. The molecule has 0 aliphatic carbocycles. The second-order valence-corrected chi connectivity index (χ2v) is 0. The van der Waals surface area contributed by atoms with E-state index in [9.17, 15) is 0 Å². The second kappa shape index (κ2) is 96.8. The Kier molecular flexibility index (Phi) is 1970. The fourth-order valence-corrected chi connectivity index (χ4v) is 0. The normalized spacial score (nSPS) is 0. The molecule has 0 aromatic carbocycles. The predicted molar refractivity (Wildman–Crippen MR) is 25.2 cm³/mol.